The van der Waals surface area contributed by atoms with Crippen LogP contribution in [0.15, 0.2) is 24.3 Å². The van der Waals surface area contributed by atoms with Gasteiger partial charge in [-0.05, 0) is 37.5 Å². The number of hydrogen-bond donors (Lipinski definition) is 0. The van der Waals surface area contributed by atoms with E-state index in [-0.39, 0.29) is 5.91 Å². The fourth-order valence-electron chi connectivity index (χ4n) is 2.12. The number of nitrogens with zero attached hydrogens (tertiary/aromatic N) is 1. The number of carbonyl (C=O) groups excluding carboxylic acids is 1. The second-order valence-corrected chi connectivity index (χ2v) is 4.17. The summed E-state index contributed by atoms with van der Waals surface area (Å²) in [4.78, 5) is 13.6. The summed E-state index contributed by atoms with van der Waals surface area (Å²) in [6.45, 7) is 4.25. The van der Waals surface area contributed by atoms with Gasteiger partial charge in [-0.1, -0.05) is 19.1 Å². The number of benzene rings is 1. The summed E-state index contributed by atoms with van der Waals surface area (Å²) in [6.07, 6.45) is 2.72. The zero-order valence-electron chi connectivity index (χ0n) is 9.36. The summed E-state index contributed by atoms with van der Waals surface area (Å²) in [5.74, 6) is 0.256. The number of aryl methyl sites for hydroxylation is 1. The summed E-state index contributed by atoms with van der Waals surface area (Å²) < 4.78 is 0. The zero-order valence-corrected chi connectivity index (χ0v) is 9.36. The molecule has 1 aromatic rings. The van der Waals surface area contributed by atoms with Crippen LogP contribution in [0.4, 0.5) is 5.69 Å². The first-order valence-corrected chi connectivity index (χ1v) is 5.63. The molecule has 0 radical (unpaired) electrons. The minimum Gasteiger partial charge on any atom is -0.310 e. The quantitative estimate of drug-likeness (QED) is 0.723. The molecular formula is C13H17NO. The van der Waals surface area contributed by atoms with Crippen LogP contribution in [0.3, 0.4) is 0 Å². The van der Waals surface area contributed by atoms with E-state index in [1.807, 2.05) is 4.90 Å². The third-order valence-electron chi connectivity index (χ3n) is 3.11. The molecule has 2 rings (SSSR count). The normalized spacial score (nSPS) is 21.1. The maximum Gasteiger partial charge on any atom is 0.227 e. The molecule has 0 saturated carbocycles. The molecular weight excluding hydrogens is 186 g/mol. The molecule has 0 aromatic heterocycles. The molecule has 15 heavy (non-hydrogen) atoms. The number of amides is 1. The Balaban J connectivity index is 2.25. The Morgan fingerprint density at radius 1 is 1.33 bits per heavy atom. The first-order chi connectivity index (χ1) is 7.22. The van der Waals surface area contributed by atoms with Gasteiger partial charge >= 0.3 is 0 Å². The van der Waals surface area contributed by atoms with Crippen LogP contribution in [0.2, 0.25) is 0 Å². The number of rotatable bonds is 2. The lowest BCUT2D eigenvalue weighted by molar-refractivity contribution is -0.117. The molecule has 1 aromatic carbocycles. The Kier molecular flexibility index (Phi) is 2.76. The maximum atomic E-state index is 11.7. The van der Waals surface area contributed by atoms with Gasteiger partial charge in [0, 0.05) is 18.2 Å². The van der Waals surface area contributed by atoms with Gasteiger partial charge in [0.05, 0.1) is 0 Å². The third-order valence-corrected chi connectivity index (χ3v) is 3.11. The second-order valence-electron chi connectivity index (χ2n) is 4.17. The smallest absolute Gasteiger partial charge is 0.227 e. The standard InChI is InChI=1S/C13H17NO/c1-3-11-5-7-12(8-6-11)14-10(2)4-9-13(14)15/h5-8,10H,3-4,9H2,1-2H3. The number of carbonyl (C=O) groups is 1. The van der Waals surface area contributed by atoms with Gasteiger partial charge in [-0.3, -0.25) is 4.79 Å². The number of hydrogen-bond acceptors (Lipinski definition) is 1. The maximum absolute atomic E-state index is 11.7. The summed E-state index contributed by atoms with van der Waals surface area (Å²) >= 11 is 0. The summed E-state index contributed by atoms with van der Waals surface area (Å²) in [5.41, 5.74) is 2.36. The lowest BCUT2D eigenvalue weighted by Gasteiger charge is -2.21. The molecule has 2 heteroatoms. The zero-order chi connectivity index (χ0) is 10.8. The Bertz CT molecular complexity index is 355. The van der Waals surface area contributed by atoms with Crippen molar-refractivity contribution < 1.29 is 4.79 Å². The Morgan fingerprint density at radius 2 is 2.00 bits per heavy atom. The van der Waals surface area contributed by atoms with Crippen LogP contribution in [0, 0.1) is 0 Å². The van der Waals surface area contributed by atoms with E-state index < -0.39 is 0 Å². The molecule has 1 aliphatic heterocycles. The minimum absolute atomic E-state index is 0.256. The molecule has 2 nitrogen and oxygen atoms in total. The van der Waals surface area contributed by atoms with Crippen LogP contribution >= 0.6 is 0 Å². The molecule has 0 aliphatic carbocycles. The van der Waals surface area contributed by atoms with Crippen molar-refractivity contribution in [3.8, 4) is 0 Å². The first-order valence-electron chi connectivity index (χ1n) is 5.63. The van der Waals surface area contributed by atoms with Gasteiger partial charge in [0.15, 0.2) is 0 Å². The van der Waals surface area contributed by atoms with Crippen LogP contribution in [-0.2, 0) is 11.2 Å². The highest BCUT2D eigenvalue weighted by Crippen LogP contribution is 2.26. The van der Waals surface area contributed by atoms with Gasteiger partial charge < -0.3 is 4.90 Å². The van der Waals surface area contributed by atoms with Crippen molar-refractivity contribution in [1.29, 1.82) is 0 Å². The Hall–Kier alpha value is -1.31. The van der Waals surface area contributed by atoms with Gasteiger partial charge in [-0.2, -0.15) is 0 Å². The molecule has 1 atom stereocenters. The predicted molar refractivity (Wildman–Crippen MR) is 62.0 cm³/mol. The molecule has 0 N–H and O–H groups in total. The first kappa shape index (κ1) is 10.2. The van der Waals surface area contributed by atoms with E-state index in [0.717, 1.165) is 18.5 Å². The minimum atomic E-state index is 0.256. The molecule has 1 heterocycles. The molecule has 0 spiro atoms. The Labute approximate surface area is 90.9 Å². The Morgan fingerprint density at radius 3 is 2.47 bits per heavy atom. The molecule has 0 bridgehead atoms. The summed E-state index contributed by atoms with van der Waals surface area (Å²) in [6, 6.07) is 8.67. The number of anilines is 1. The molecule has 1 fully saturated rings. The largest absolute Gasteiger partial charge is 0.310 e. The predicted octanol–water partition coefficient (Wildman–Crippen LogP) is 2.76. The van der Waals surface area contributed by atoms with Crippen LogP contribution in [0.25, 0.3) is 0 Å². The second kappa shape index (κ2) is 4.05. The highest BCUT2D eigenvalue weighted by molar-refractivity contribution is 5.96. The highest BCUT2D eigenvalue weighted by atomic mass is 16.2. The van der Waals surface area contributed by atoms with E-state index in [4.69, 9.17) is 0 Å². The van der Waals surface area contributed by atoms with E-state index >= 15 is 0 Å². The van der Waals surface area contributed by atoms with Crippen LogP contribution in [-0.4, -0.2) is 11.9 Å². The summed E-state index contributed by atoms with van der Waals surface area (Å²) in [5, 5.41) is 0. The third kappa shape index (κ3) is 1.89. The van der Waals surface area contributed by atoms with Crippen LogP contribution < -0.4 is 4.90 Å². The molecule has 1 unspecified atom stereocenters. The van der Waals surface area contributed by atoms with Crippen LogP contribution in [0.5, 0.6) is 0 Å². The van der Waals surface area contributed by atoms with Crippen LogP contribution in [0.1, 0.15) is 32.3 Å². The topological polar surface area (TPSA) is 20.3 Å². The van der Waals surface area contributed by atoms with E-state index in [0.29, 0.717) is 12.5 Å². The fraction of sp³-hybridized carbons (Fsp3) is 0.462. The molecule has 1 aliphatic rings. The van der Waals surface area contributed by atoms with Gasteiger partial charge in [0.1, 0.15) is 0 Å². The lowest BCUT2D eigenvalue weighted by atomic mass is 10.1. The SMILES string of the molecule is CCc1ccc(N2C(=O)CCC2C)cc1. The van der Waals surface area contributed by atoms with Crippen molar-refractivity contribution in [2.75, 3.05) is 4.90 Å². The van der Waals surface area contributed by atoms with Gasteiger partial charge in [0.2, 0.25) is 5.91 Å². The highest BCUT2D eigenvalue weighted by Gasteiger charge is 2.28. The van der Waals surface area contributed by atoms with Crippen molar-refractivity contribution >= 4 is 11.6 Å². The fourth-order valence-corrected chi connectivity index (χ4v) is 2.12. The average Bonchev–Trinajstić information content (AvgIpc) is 2.59. The van der Waals surface area contributed by atoms with Crippen molar-refractivity contribution in [1.82, 2.24) is 0 Å². The lowest BCUT2D eigenvalue weighted by Crippen LogP contribution is -2.30. The molecule has 1 amide bonds. The van der Waals surface area contributed by atoms with Crippen molar-refractivity contribution in [3.63, 3.8) is 0 Å². The van der Waals surface area contributed by atoms with Crippen molar-refractivity contribution in [2.45, 2.75) is 39.2 Å². The van der Waals surface area contributed by atoms with Gasteiger partial charge in [-0.25, -0.2) is 0 Å². The average molecular weight is 203 g/mol. The van der Waals surface area contributed by atoms with E-state index in [1.54, 1.807) is 0 Å². The monoisotopic (exact) mass is 203 g/mol. The van der Waals surface area contributed by atoms with E-state index in [9.17, 15) is 4.79 Å². The molecule has 80 valence electrons. The van der Waals surface area contributed by atoms with Crippen molar-refractivity contribution in [3.05, 3.63) is 29.8 Å². The van der Waals surface area contributed by atoms with Crippen molar-refractivity contribution in [2.24, 2.45) is 0 Å². The summed E-state index contributed by atoms with van der Waals surface area (Å²) in [7, 11) is 0. The van der Waals surface area contributed by atoms with Gasteiger partial charge in [-0.15, -0.1) is 0 Å². The van der Waals surface area contributed by atoms with Gasteiger partial charge in [0.25, 0.3) is 0 Å². The van der Waals surface area contributed by atoms with E-state index in [2.05, 4.69) is 38.1 Å². The van der Waals surface area contributed by atoms with E-state index in [1.165, 1.54) is 5.56 Å². The molecule has 1 saturated heterocycles.